The molecular weight excluding hydrogens is 1230 g/mol. The van der Waals surface area contributed by atoms with Gasteiger partial charge in [-0.15, -0.1) is 15.3 Å². The lowest BCUT2D eigenvalue weighted by Gasteiger charge is -2.69. The number of nitrogens with zero attached hydrogens (tertiary/aromatic N) is 12. The zero-order valence-corrected chi connectivity index (χ0v) is 55.8. The van der Waals surface area contributed by atoms with Crippen molar-refractivity contribution < 1.29 is 52.8 Å². The molecule has 0 radical (unpaired) electrons. The number of para-hydroxylation sites is 1. The first-order valence-corrected chi connectivity index (χ1v) is 33.7. The van der Waals surface area contributed by atoms with E-state index < -0.39 is 35.6 Å². The lowest BCUT2D eigenvalue weighted by atomic mass is 9.39. The number of ether oxygens (including phenoxy) is 5. The summed E-state index contributed by atoms with van der Waals surface area (Å²) in [4.78, 5) is 78.6. The fourth-order valence-electron chi connectivity index (χ4n) is 15.9. The zero-order chi connectivity index (χ0) is 66.5. The molecule has 1 saturated heterocycles. The molecule has 4 saturated carbocycles. The number of aromatic carboxylic acids is 1. The van der Waals surface area contributed by atoms with Crippen molar-refractivity contribution >= 4 is 79.4 Å². The van der Waals surface area contributed by atoms with Crippen LogP contribution in [0.1, 0.15) is 133 Å². The molecule has 504 valence electrons. The van der Waals surface area contributed by atoms with Crippen molar-refractivity contribution in [1.82, 2.24) is 60.1 Å². The number of hydrogen-bond donors (Lipinski definition) is 4. The number of carbonyl (C=O) groups excluding carboxylic acids is 4. The third-order valence-electron chi connectivity index (χ3n) is 18.9. The number of rotatable bonds is 34. The minimum Gasteiger partial charge on any atom is -0.476 e. The van der Waals surface area contributed by atoms with Gasteiger partial charge in [0, 0.05) is 61.7 Å². The quantitative estimate of drug-likeness (QED) is 0.0216. The molecule has 0 spiro atoms. The molecule has 3 atom stereocenters. The number of unbranched alkanes of at least 4 members (excludes halogenated alkanes) is 2. The van der Waals surface area contributed by atoms with Gasteiger partial charge in [-0.1, -0.05) is 48.6 Å². The Morgan fingerprint density at radius 2 is 1.53 bits per heavy atom. The summed E-state index contributed by atoms with van der Waals surface area (Å²) in [6.07, 6.45) is 12.8. The molecule has 13 rings (SSSR count). The third kappa shape index (κ3) is 15.3. The van der Waals surface area contributed by atoms with Gasteiger partial charge in [0.05, 0.1) is 98.8 Å². The maximum Gasteiger partial charge on any atom is 0.355 e. The number of aryl methyl sites for hydroxylation is 2. The van der Waals surface area contributed by atoms with Crippen molar-refractivity contribution in [3.63, 3.8) is 0 Å². The van der Waals surface area contributed by atoms with E-state index in [-0.39, 0.29) is 58.1 Å². The molecule has 5 fully saturated rings. The topological polar surface area (TPSA) is 298 Å². The van der Waals surface area contributed by atoms with Crippen LogP contribution in [0, 0.1) is 30.1 Å². The van der Waals surface area contributed by atoms with Crippen LogP contribution in [0.25, 0.3) is 21.3 Å². The van der Waals surface area contributed by atoms with Crippen LogP contribution < -0.4 is 20.9 Å². The number of piperidine rings is 1. The number of pyridine rings is 1. The lowest BCUT2D eigenvalue weighted by Crippen LogP contribution is -2.64. The Morgan fingerprint density at radius 1 is 0.768 bits per heavy atom. The molecule has 3 unspecified atom stereocenters. The number of fused-ring (bicyclic) bond motifs is 2. The van der Waals surface area contributed by atoms with Crippen LogP contribution in [0.2, 0.25) is 0 Å². The molecule has 5 aromatic heterocycles. The van der Waals surface area contributed by atoms with Crippen LogP contribution in [0.15, 0.2) is 73.1 Å². The molecule has 7 aromatic rings. The summed E-state index contributed by atoms with van der Waals surface area (Å²) in [5.41, 5.74) is 5.61. The van der Waals surface area contributed by atoms with Crippen LogP contribution in [0.3, 0.4) is 0 Å². The van der Waals surface area contributed by atoms with Gasteiger partial charge in [0.25, 0.3) is 11.8 Å². The summed E-state index contributed by atoms with van der Waals surface area (Å²) >= 11 is 1.53. The Kier molecular flexibility index (Phi) is 20.1. The number of benzene rings is 2. The number of nitrogens with one attached hydrogen (secondary N) is 3. The summed E-state index contributed by atoms with van der Waals surface area (Å²) in [6, 6.07) is 17.5. The van der Waals surface area contributed by atoms with E-state index in [9.17, 15) is 29.1 Å². The normalized spacial score (nSPS) is 22.1. The number of carboxylic acids is 1. The van der Waals surface area contributed by atoms with Gasteiger partial charge in [0.1, 0.15) is 17.6 Å². The van der Waals surface area contributed by atoms with Gasteiger partial charge in [-0.25, -0.2) is 14.8 Å². The molecule has 6 aliphatic rings. The van der Waals surface area contributed by atoms with Crippen molar-refractivity contribution in [3.8, 4) is 11.1 Å². The number of hydrogen-bond acceptors (Lipinski definition) is 22. The van der Waals surface area contributed by atoms with Crippen molar-refractivity contribution in [3.05, 3.63) is 107 Å². The highest BCUT2D eigenvalue weighted by Gasteiger charge is 2.66. The van der Waals surface area contributed by atoms with Crippen LogP contribution in [0.5, 0.6) is 0 Å². The van der Waals surface area contributed by atoms with Gasteiger partial charge >= 0.3 is 5.97 Å². The molecule has 2 aromatic carbocycles. The Hall–Kier alpha value is -8.18. The van der Waals surface area contributed by atoms with Crippen LogP contribution in [0.4, 0.5) is 28.3 Å². The van der Waals surface area contributed by atoms with E-state index in [1.807, 2.05) is 78.3 Å². The lowest BCUT2D eigenvalue weighted by molar-refractivity contribution is -0.248. The van der Waals surface area contributed by atoms with Crippen molar-refractivity contribution in [1.29, 1.82) is 0 Å². The minimum absolute atomic E-state index is 0.0105. The second kappa shape index (κ2) is 28.6. The molecule has 26 nitrogen and oxygen atoms in total. The number of carboxylic acid groups (broad SMARTS) is 1. The maximum absolute atomic E-state index is 13.4. The van der Waals surface area contributed by atoms with E-state index >= 15 is 0 Å². The summed E-state index contributed by atoms with van der Waals surface area (Å²) in [7, 11) is 4.18. The van der Waals surface area contributed by atoms with E-state index in [2.05, 4.69) is 68.9 Å². The summed E-state index contributed by atoms with van der Waals surface area (Å²) in [5.74, 6) is -1.82. The molecule has 4 amide bonds. The maximum atomic E-state index is 13.4. The molecule has 2 aliphatic heterocycles. The number of amides is 4. The van der Waals surface area contributed by atoms with E-state index in [1.165, 1.54) is 17.8 Å². The van der Waals surface area contributed by atoms with Crippen LogP contribution in [-0.2, 0) is 53.0 Å². The predicted molar refractivity (Wildman–Crippen MR) is 355 cm³/mol. The first-order chi connectivity index (χ1) is 45.8. The average molecular weight is 1320 g/mol. The van der Waals surface area contributed by atoms with E-state index in [1.54, 1.807) is 18.2 Å². The summed E-state index contributed by atoms with van der Waals surface area (Å²) < 4.78 is 34.7. The highest BCUT2D eigenvalue weighted by Crippen LogP contribution is 2.72. The minimum atomic E-state index is -1.14. The van der Waals surface area contributed by atoms with Crippen molar-refractivity contribution in [2.24, 2.45) is 16.2 Å². The van der Waals surface area contributed by atoms with Crippen LogP contribution >= 0.6 is 11.3 Å². The van der Waals surface area contributed by atoms with Gasteiger partial charge < -0.3 is 49.2 Å². The van der Waals surface area contributed by atoms with Gasteiger partial charge in [-0.3, -0.25) is 38.8 Å². The predicted octanol–water partition coefficient (Wildman–Crippen LogP) is 8.78. The monoisotopic (exact) mass is 1320 g/mol. The third-order valence-corrected chi connectivity index (χ3v) is 19.8. The molecule has 95 heavy (non-hydrogen) atoms. The average Bonchev–Trinajstić information content (AvgIpc) is 1.67. The number of anilines is 5. The van der Waals surface area contributed by atoms with Crippen molar-refractivity contribution in [2.75, 3.05) is 102 Å². The SMILES string of the molecule is Cc1cc(N(CCCCCn2cc(COCCOCCOCCOCCNc3cccc4c3C(=O)N(C3CCC(=O)NC3=O)C4=O)nn2)c2ccc(-c3cnn(CC45CC6(C)CC(C)(C4)CC(OCCN(C)C)(C6)C5)c3C)c(C(=O)O)n2)nnc1Nc1nc2ccccc2s1. The fourth-order valence-corrected chi connectivity index (χ4v) is 16.7. The standard InChI is InChI=1S/C68H85N15O11S/c1-44-33-55(76-77-59(44)74-64-71-50-14-8-9-16-53(50)95-64)81(54-19-17-47(58(72-54)63(88)89)49-34-70-82(45(49)2)43-67-38-65(3)37-66(4,39-67)41-68(40-65,42-67)94-26-24-79(5)6)23-11-7-10-22-80-35-46(75-78-80)36-93-32-31-92-30-29-91-28-27-90-25-21-69-51-15-12-13-48-57(51)62(87)83(61(48)86)52-18-20-56(84)73-60(52)85/h8-9,12-17,19,33-35,52,69H,7,10-11,18,20-32,36-43H2,1-6H3,(H,88,89)(H,71,74,77)(H,73,84,85). The first kappa shape index (κ1) is 66.8. The molecule has 27 heteroatoms. The van der Waals surface area contributed by atoms with Crippen LogP contribution in [-0.4, -0.2) is 188 Å². The second-order valence-corrected chi connectivity index (χ2v) is 28.2. The number of aromatic nitrogens is 9. The largest absolute Gasteiger partial charge is 0.476 e. The first-order valence-electron chi connectivity index (χ1n) is 32.9. The second-order valence-electron chi connectivity index (χ2n) is 27.2. The Bertz CT molecular complexity index is 3910. The van der Waals surface area contributed by atoms with Gasteiger partial charge in [0.2, 0.25) is 11.8 Å². The highest BCUT2D eigenvalue weighted by atomic mass is 32.1. The highest BCUT2D eigenvalue weighted by molar-refractivity contribution is 7.22. The molecule has 4 aliphatic carbocycles. The molecule has 7 heterocycles. The Labute approximate surface area is 555 Å². The van der Waals surface area contributed by atoms with Gasteiger partial charge in [0.15, 0.2) is 22.5 Å². The number of likely N-dealkylation sites (N-methyl/N-ethyl adjacent to an activating group) is 1. The summed E-state index contributed by atoms with van der Waals surface area (Å²) in [6.45, 7) is 15.5. The fraction of sp³-hybridized carbons (Fsp3) is 0.529. The van der Waals surface area contributed by atoms with Gasteiger partial charge in [-0.2, -0.15) is 5.10 Å². The van der Waals surface area contributed by atoms with E-state index in [0.717, 1.165) is 96.4 Å². The summed E-state index contributed by atoms with van der Waals surface area (Å²) in [5, 5.41) is 43.3. The van der Waals surface area contributed by atoms with E-state index in [4.69, 9.17) is 43.8 Å². The molecule has 4 N–H and O–H groups in total. The smallest absolute Gasteiger partial charge is 0.355 e. The van der Waals surface area contributed by atoms with Crippen molar-refractivity contribution in [2.45, 2.75) is 130 Å². The Balaban J connectivity index is 0.598. The number of thiazole rings is 1. The number of carbonyl (C=O) groups is 5. The zero-order valence-electron chi connectivity index (χ0n) is 55.0. The number of imide groups is 2. The Morgan fingerprint density at radius 3 is 2.26 bits per heavy atom. The molecular formula is C68H85N15O11S. The van der Waals surface area contributed by atoms with Gasteiger partial charge in [-0.05, 0) is 156 Å². The molecule has 4 bridgehead atoms. The van der Waals surface area contributed by atoms with E-state index in [0.29, 0.717) is 112 Å².